The fraction of sp³-hybridized carbons (Fsp3) is 0.320. The van der Waals surface area contributed by atoms with Crippen LogP contribution >= 0.6 is 0 Å². The van der Waals surface area contributed by atoms with Gasteiger partial charge in [0.15, 0.2) is 0 Å². The van der Waals surface area contributed by atoms with Gasteiger partial charge in [-0.2, -0.15) is 13.2 Å². The molecule has 0 radical (unpaired) electrons. The number of benzene rings is 2. The van der Waals surface area contributed by atoms with E-state index in [-0.39, 0.29) is 40.6 Å². The van der Waals surface area contributed by atoms with Gasteiger partial charge in [-0.25, -0.2) is 4.90 Å². The second-order valence-corrected chi connectivity index (χ2v) is 9.18. The SMILES string of the molecule is O=C(Nc1ccccc1C(F)(F)F)c1ccccc1N1C(=O)[C@@H]2[C@H]3C=C[C@@H]([C@@H]4C[C@H]34)[C@H]2C1=O. The lowest BCUT2D eigenvalue weighted by Gasteiger charge is -2.37. The summed E-state index contributed by atoms with van der Waals surface area (Å²) >= 11 is 0. The Hall–Kier alpha value is -3.42. The maximum Gasteiger partial charge on any atom is 0.418 e. The molecule has 3 amide bonds. The van der Waals surface area contributed by atoms with Gasteiger partial charge in [-0.15, -0.1) is 0 Å². The van der Waals surface area contributed by atoms with Gasteiger partial charge in [0.05, 0.1) is 34.3 Å². The van der Waals surface area contributed by atoms with Gasteiger partial charge in [-0.1, -0.05) is 36.4 Å². The molecule has 5 aliphatic rings. The number of para-hydroxylation sites is 2. The fourth-order valence-corrected chi connectivity index (χ4v) is 6.08. The molecule has 168 valence electrons. The van der Waals surface area contributed by atoms with Crippen LogP contribution in [0, 0.1) is 35.5 Å². The molecule has 1 saturated heterocycles. The highest BCUT2D eigenvalue weighted by Gasteiger charge is 2.67. The number of hydrogen-bond acceptors (Lipinski definition) is 3. The predicted molar refractivity (Wildman–Crippen MR) is 113 cm³/mol. The number of alkyl halides is 3. The van der Waals surface area contributed by atoms with Crippen LogP contribution in [0.25, 0.3) is 0 Å². The van der Waals surface area contributed by atoms with Gasteiger partial charge in [-0.3, -0.25) is 14.4 Å². The number of hydrogen-bond donors (Lipinski definition) is 1. The van der Waals surface area contributed by atoms with Gasteiger partial charge < -0.3 is 5.32 Å². The molecule has 4 aliphatic carbocycles. The fourth-order valence-electron chi connectivity index (χ4n) is 6.08. The lowest BCUT2D eigenvalue weighted by atomic mass is 9.63. The predicted octanol–water partition coefficient (Wildman–Crippen LogP) is 4.52. The van der Waals surface area contributed by atoms with Crippen molar-refractivity contribution in [3.05, 3.63) is 71.8 Å². The molecule has 1 N–H and O–H groups in total. The summed E-state index contributed by atoms with van der Waals surface area (Å²) in [4.78, 5) is 41.0. The van der Waals surface area contributed by atoms with E-state index in [4.69, 9.17) is 0 Å². The van der Waals surface area contributed by atoms with Crippen LogP contribution in [-0.4, -0.2) is 17.7 Å². The molecule has 2 aromatic carbocycles. The molecule has 5 nitrogen and oxygen atoms in total. The van der Waals surface area contributed by atoms with Crippen molar-refractivity contribution in [2.24, 2.45) is 35.5 Å². The number of rotatable bonds is 3. The van der Waals surface area contributed by atoms with Crippen molar-refractivity contribution in [2.45, 2.75) is 12.6 Å². The minimum Gasteiger partial charge on any atom is -0.321 e. The number of halogens is 3. The van der Waals surface area contributed by atoms with Gasteiger partial charge in [0.2, 0.25) is 11.8 Å². The second-order valence-electron chi connectivity index (χ2n) is 9.18. The highest BCUT2D eigenvalue weighted by molar-refractivity contribution is 6.25. The number of imide groups is 1. The quantitative estimate of drug-likeness (QED) is 0.550. The number of carbonyl (C=O) groups is 3. The van der Waals surface area contributed by atoms with Crippen molar-refractivity contribution in [1.29, 1.82) is 0 Å². The van der Waals surface area contributed by atoms with E-state index in [0.717, 1.165) is 17.4 Å². The van der Waals surface area contributed by atoms with Crippen LogP contribution < -0.4 is 10.2 Å². The van der Waals surface area contributed by atoms with Crippen molar-refractivity contribution >= 4 is 29.1 Å². The average molecular weight is 452 g/mol. The van der Waals surface area contributed by atoms with Gasteiger partial charge in [0.1, 0.15) is 0 Å². The molecule has 33 heavy (non-hydrogen) atoms. The van der Waals surface area contributed by atoms with Crippen molar-refractivity contribution in [1.82, 2.24) is 0 Å². The van der Waals surface area contributed by atoms with E-state index in [1.165, 1.54) is 30.3 Å². The Balaban J connectivity index is 1.34. The van der Waals surface area contributed by atoms with Gasteiger partial charge >= 0.3 is 6.18 Å². The first-order valence-corrected chi connectivity index (χ1v) is 10.9. The molecule has 0 aromatic heterocycles. The average Bonchev–Trinajstić information content (AvgIpc) is 3.57. The van der Waals surface area contributed by atoms with Crippen LogP contribution in [0.2, 0.25) is 0 Å². The maximum atomic E-state index is 13.4. The van der Waals surface area contributed by atoms with Crippen molar-refractivity contribution in [3.63, 3.8) is 0 Å². The molecule has 0 unspecified atom stereocenters. The zero-order valence-corrected chi connectivity index (χ0v) is 17.3. The summed E-state index contributed by atoms with van der Waals surface area (Å²) in [5.41, 5.74) is -1.28. The molecule has 7 rings (SSSR count). The first kappa shape index (κ1) is 20.2. The van der Waals surface area contributed by atoms with E-state index >= 15 is 0 Å². The zero-order chi connectivity index (χ0) is 23.1. The maximum absolute atomic E-state index is 13.4. The van der Waals surface area contributed by atoms with E-state index in [0.29, 0.717) is 11.8 Å². The zero-order valence-electron chi connectivity index (χ0n) is 17.3. The number of nitrogens with zero attached hydrogens (tertiary/aromatic N) is 1. The second kappa shape index (κ2) is 6.79. The Morgan fingerprint density at radius 3 is 2.09 bits per heavy atom. The largest absolute Gasteiger partial charge is 0.418 e. The van der Waals surface area contributed by atoms with Crippen LogP contribution in [0.3, 0.4) is 0 Å². The lowest BCUT2D eigenvalue weighted by Crippen LogP contribution is -2.40. The molecular weight excluding hydrogens is 433 g/mol. The number of nitrogens with one attached hydrogen (secondary N) is 1. The smallest absolute Gasteiger partial charge is 0.321 e. The normalized spacial score (nSPS) is 31.4. The number of carbonyl (C=O) groups excluding carboxylic acids is 3. The standard InChI is InChI=1S/C25H19F3N2O3/c26-25(27,28)17-6-2-3-7-18(17)29-22(31)14-5-1-4-8-19(14)30-23(32)20-12-9-10-13(16-11-15(12)16)21(20)24(30)33/h1-10,12-13,15-16,20-21H,11H2,(H,29,31)/t12-,13-,15-,16+,20+,21+/m0/s1. The Morgan fingerprint density at radius 2 is 1.45 bits per heavy atom. The molecule has 8 heteroatoms. The first-order valence-electron chi connectivity index (χ1n) is 10.9. The van der Waals surface area contributed by atoms with Crippen molar-refractivity contribution < 1.29 is 27.6 Å². The number of anilines is 2. The van der Waals surface area contributed by atoms with E-state index < -0.39 is 29.5 Å². The topological polar surface area (TPSA) is 66.5 Å². The molecule has 0 spiro atoms. The van der Waals surface area contributed by atoms with Gasteiger partial charge in [0.25, 0.3) is 5.91 Å². The van der Waals surface area contributed by atoms with Crippen molar-refractivity contribution in [2.75, 3.05) is 10.2 Å². The Morgan fingerprint density at radius 1 is 0.879 bits per heavy atom. The van der Waals surface area contributed by atoms with Gasteiger partial charge in [0, 0.05) is 0 Å². The number of allylic oxidation sites excluding steroid dienone is 2. The van der Waals surface area contributed by atoms with Crippen molar-refractivity contribution in [3.8, 4) is 0 Å². The first-order chi connectivity index (χ1) is 15.8. The Bertz CT molecular complexity index is 1200. The molecule has 2 bridgehead atoms. The highest BCUT2D eigenvalue weighted by atomic mass is 19.4. The van der Waals surface area contributed by atoms with Crippen LogP contribution in [-0.2, 0) is 15.8 Å². The van der Waals surface area contributed by atoms with Crippen LogP contribution in [0.4, 0.5) is 24.5 Å². The van der Waals surface area contributed by atoms with Crippen LogP contribution in [0.1, 0.15) is 22.3 Å². The van der Waals surface area contributed by atoms with Crippen LogP contribution in [0.5, 0.6) is 0 Å². The summed E-state index contributed by atoms with van der Waals surface area (Å²) in [7, 11) is 0. The van der Waals surface area contributed by atoms with Gasteiger partial charge in [-0.05, 0) is 54.4 Å². The molecule has 3 fully saturated rings. The summed E-state index contributed by atoms with van der Waals surface area (Å²) < 4.78 is 40.1. The third-order valence-electron chi connectivity index (χ3n) is 7.53. The Labute approximate surface area is 187 Å². The molecular formula is C25H19F3N2O3. The van der Waals surface area contributed by atoms with E-state index in [2.05, 4.69) is 17.5 Å². The highest BCUT2D eigenvalue weighted by Crippen LogP contribution is 2.65. The van der Waals surface area contributed by atoms with E-state index in [1.54, 1.807) is 12.1 Å². The van der Waals surface area contributed by atoms with Crippen LogP contribution in [0.15, 0.2) is 60.7 Å². The lowest BCUT2D eigenvalue weighted by molar-refractivity contribution is -0.137. The molecule has 1 aliphatic heterocycles. The molecule has 1 heterocycles. The minimum atomic E-state index is -4.65. The molecule has 2 aromatic rings. The van der Waals surface area contributed by atoms with E-state index in [1.807, 2.05) is 0 Å². The summed E-state index contributed by atoms with van der Waals surface area (Å²) in [6.45, 7) is 0. The minimum absolute atomic E-state index is 0.0275. The molecule has 2 saturated carbocycles. The summed E-state index contributed by atoms with van der Waals surface area (Å²) in [5, 5.41) is 2.31. The third-order valence-corrected chi connectivity index (χ3v) is 7.53. The number of amides is 3. The third kappa shape index (κ3) is 2.89. The summed E-state index contributed by atoms with van der Waals surface area (Å²) in [6.07, 6.45) is 0.503. The summed E-state index contributed by atoms with van der Waals surface area (Å²) in [6, 6.07) is 10.7. The monoisotopic (exact) mass is 452 g/mol. The Kier molecular flexibility index (Phi) is 4.16. The molecule has 6 atom stereocenters. The summed E-state index contributed by atoms with van der Waals surface area (Å²) in [5.74, 6) is -1.39. The van der Waals surface area contributed by atoms with E-state index in [9.17, 15) is 27.6 Å².